The number of anilines is 1. The van der Waals surface area contributed by atoms with Crippen LogP contribution in [0.15, 0.2) is 54.6 Å². The van der Waals surface area contributed by atoms with Gasteiger partial charge in [0.2, 0.25) is 0 Å². The van der Waals surface area contributed by atoms with Crippen LogP contribution in [0.2, 0.25) is 0 Å². The van der Waals surface area contributed by atoms with Gasteiger partial charge in [-0.1, -0.05) is 30.3 Å². The van der Waals surface area contributed by atoms with Crippen LogP contribution in [0.3, 0.4) is 0 Å². The Morgan fingerprint density at radius 3 is 2.64 bits per heavy atom. The number of rotatable bonds is 4. The van der Waals surface area contributed by atoms with E-state index in [4.69, 9.17) is 4.74 Å². The Morgan fingerprint density at radius 1 is 1.04 bits per heavy atom. The highest BCUT2D eigenvalue weighted by Crippen LogP contribution is 2.24. The molecule has 1 aliphatic rings. The van der Waals surface area contributed by atoms with Crippen molar-refractivity contribution in [3.63, 3.8) is 0 Å². The number of nitrogens with zero attached hydrogens (tertiary/aromatic N) is 1. The lowest BCUT2D eigenvalue weighted by Gasteiger charge is -2.29. The molecule has 4 rings (SSSR count). The molecule has 1 heterocycles. The van der Waals surface area contributed by atoms with Crippen LogP contribution in [0.4, 0.5) is 10.5 Å². The third kappa shape index (κ3) is 4.48. The van der Waals surface area contributed by atoms with Crippen LogP contribution in [0.1, 0.15) is 35.5 Å². The first-order valence-electron chi connectivity index (χ1n) is 9.36. The van der Waals surface area contributed by atoms with Gasteiger partial charge in [-0.25, -0.2) is 9.78 Å². The van der Waals surface area contributed by atoms with Crippen molar-refractivity contribution in [2.45, 2.75) is 37.8 Å². The van der Waals surface area contributed by atoms with Crippen molar-refractivity contribution in [3.05, 3.63) is 59.6 Å². The van der Waals surface area contributed by atoms with Crippen LogP contribution < -0.4 is 10.6 Å². The summed E-state index contributed by atoms with van der Waals surface area (Å²) in [5.74, 6) is -0.166. The average Bonchev–Trinajstić information content (AvgIpc) is 3.13. The van der Waals surface area contributed by atoms with E-state index in [0.29, 0.717) is 17.1 Å². The Morgan fingerprint density at radius 2 is 1.82 bits per heavy atom. The summed E-state index contributed by atoms with van der Waals surface area (Å²) >= 11 is 1.39. The maximum absolute atomic E-state index is 12.6. The number of hydrogen-bond donors (Lipinski definition) is 2. The molecule has 28 heavy (non-hydrogen) atoms. The minimum atomic E-state index is -0.464. The van der Waals surface area contributed by atoms with E-state index >= 15 is 0 Å². The van der Waals surface area contributed by atoms with Gasteiger partial charge in [0.25, 0.3) is 5.91 Å². The van der Waals surface area contributed by atoms with Gasteiger partial charge >= 0.3 is 6.09 Å². The lowest BCUT2D eigenvalue weighted by Crippen LogP contribution is -2.41. The molecule has 6 nitrogen and oxygen atoms in total. The minimum absolute atomic E-state index is 0.0252. The molecule has 0 radical (unpaired) electrons. The topological polar surface area (TPSA) is 80.3 Å². The molecule has 0 unspecified atom stereocenters. The first-order chi connectivity index (χ1) is 13.7. The molecule has 0 saturated heterocycles. The van der Waals surface area contributed by atoms with Crippen LogP contribution in [-0.2, 0) is 4.74 Å². The predicted octanol–water partition coefficient (Wildman–Crippen LogP) is 4.59. The van der Waals surface area contributed by atoms with Gasteiger partial charge in [0.1, 0.15) is 6.10 Å². The molecule has 2 aromatic carbocycles. The molecule has 0 bridgehead atoms. The van der Waals surface area contributed by atoms with E-state index < -0.39 is 6.09 Å². The molecule has 144 valence electrons. The number of amides is 2. The highest BCUT2D eigenvalue weighted by Gasteiger charge is 2.27. The minimum Gasteiger partial charge on any atom is -0.446 e. The predicted molar refractivity (Wildman–Crippen MR) is 110 cm³/mol. The molecule has 0 aliphatic heterocycles. The van der Waals surface area contributed by atoms with Crippen molar-refractivity contribution in [2.75, 3.05) is 5.32 Å². The number of carbonyl (C=O) groups excluding carboxylic acids is 2. The van der Waals surface area contributed by atoms with Crippen molar-refractivity contribution < 1.29 is 14.3 Å². The average molecular weight is 395 g/mol. The van der Waals surface area contributed by atoms with Gasteiger partial charge in [-0.15, -0.1) is 11.3 Å². The second kappa shape index (κ2) is 8.39. The Hall–Kier alpha value is -2.93. The SMILES string of the molecule is O=C(Nc1ccccc1)O[C@H]1CCC[C@@H](NC(=O)c2nc3ccccc3s2)C1. The zero-order valence-electron chi connectivity index (χ0n) is 15.3. The molecule has 2 N–H and O–H groups in total. The quantitative estimate of drug-likeness (QED) is 0.677. The summed E-state index contributed by atoms with van der Waals surface area (Å²) in [5.41, 5.74) is 1.53. The van der Waals surface area contributed by atoms with E-state index in [1.54, 1.807) is 0 Å². The Balaban J connectivity index is 1.32. The van der Waals surface area contributed by atoms with Gasteiger partial charge < -0.3 is 10.1 Å². The fourth-order valence-electron chi connectivity index (χ4n) is 3.42. The van der Waals surface area contributed by atoms with Gasteiger partial charge in [0.15, 0.2) is 5.01 Å². The highest BCUT2D eigenvalue weighted by molar-refractivity contribution is 7.20. The monoisotopic (exact) mass is 395 g/mol. The van der Waals surface area contributed by atoms with Crippen molar-refractivity contribution in [1.82, 2.24) is 10.3 Å². The van der Waals surface area contributed by atoms with Gasteiger partial charge in [0, 0.05) is 18.2 Å². The fourth-order valence-corrected chi connectivity index (χ4v) is 4.29. The number of thiazole rings is 1. The largest absolute Gasteiger partial charge is 0.446 e. The lowest BCUT2D eigenvalue weighted by atomic mass is 9.93. The smallest absolute Gasteiger partial charge is 0.411 e. The van der Waals surface area contributed by atoms with Gasteiger partial charge in [-0.05, 0) is 43.5 Å². The second-order valence-electron chi connectivity index (χ2n) is 6.84. The molecule has 2 amide bonds. The molecule has 7 heteroatoms. The summed E-state index contributed by atoms with van der Waals surface area (Å²) in [6.07, 6.45) is 2.51. The van der Waals surface area contributed by atoms with E-state index in [1.165, 1.54) is 11.3 Å². The number of hydrogen-bond acceptors (Lipinski definition) is 5. The van der Waals surface area contributed by atoms with E-state index in [0.717, 1.165) is 29.5 Å². The van der Waals surface area contributed by atoms with Crippen LogP contribution in [-0.4, -0.2) is 29.1 Å². The van der Waals surface area contributed by atoms with Crippen LogP contribution in [0, 0.1) is 0 Å². The van der Waals surface area contributed by atoms with E-state index in [-0.39, 0.29) is 18.1 Å². The van der Waals surface area contributed by atoms with Crippen molar-refractivity contribution in [1.29, 1.82) is 0 Å². The zero-order valence-corrected chi connectivity index (χ0v) is 16.1. The first kappa shape index (κ1) is 18.4. The molecule has 3 aromatic rings. The molecule has 0 spiro atoms. The second-order valence-corrected chi connectivity index (χ2v) is 7.87. The number of nitrogens with one attached hydrogen (secondary N) is 2. The zero-order chi connectivity index (χ0) is 19.3. The van der Waals surface area contributed by atoms with Crippen molar-refractivity contribution in [2.24, 2.45) is 0 Å². The number of para-hydroxylation sites is 2. The number of carbonyl (C=O) groups is 2. The Kier molecular flexibility index (Phi) is 5.53. The number of benzene rings is 2. The summed E-state index contributed by atoms with van der Waals surface area (Å²) in [6, 6.07) is 16.9. The molecule has 1 aliphatic carbocycles. The van der Waals surface area contributed by atoms with Gasteiger partial charge in [0.05, 0.1) is 10.2 Å². The van der Waals surface area contributed by atoms with Crippen LogP contribution in [0.25, 0.3) is 10.2 Å². The van der Waals surface area contributed by atoms with Crippen LogP contribution in [0.5, 0.6) is 0 Å². The number of ether oxygens (including phenoxy) is 1. The molecule has 1 fully saturated rings. The molecular weight excluding hydrogens is 374 g/mol. The molecule has 2 atom stereocenters. The number of aromatic nitrogens is 1. The van der Waals surface area contributed by atoms with Crippen LogP contribution >= 0.6 is 11.3 Å². The normalized spacial score (nSPS) is 19.1. The molecule has 1 saturated carbocycles. The summed E-state index contributed by atoms with van der Waals surface area (Å²) in [4.78, 5) is 29.1. The third-order valence-corrected chi connectivity index (χ3v) is 5.78. The maximum Gasteiger partial charge on any atom is 0.411 e. The summed E-state index contributed by atoms with van der Waals surface area (Å²) in [7, 11) is 0. The summed E-state index contributed by atoms with van der Waals surface area (Å²) in [5, 5.41) is 6.24. The van der Waals surface area contributed by atoms with Crippen molar-refractivity contribution in [3.8, 4) is 0 Å². The Labute approximate surface area is 166 Å². The standard InChI is InChI=1S/C21H21N3O3S/c25-19(20-24-17-11-4-5-12-18(17)28-20)22-15-9-6-10-16(13-15)27-21(26)23-14-7-2-1-3-8-14/h1-5,7-8,11-12,15-16H,6,9-10,13H2,(H,22,25)(H,23,26)/t15-,16+/m1/s1. The van der Waals surface area contributed by atoms with Gasteiger partial charge in [-0.2, -0.15) is 0 Å². The number of fused-ring (bicyclic) bond motifs is 1. The summed E-state index contributed by atoms with van der Waals surface area (Å²) < 4.78 is 6.54. The maximum atomic E-state index is 12.6. The summed E-state index contributed by atoms with van der Waals surface area (Å²) in [6.45, 7) is 0. The molecular formula is C21H21N3O3S. The molecule has 1 aromatic heterocycles. The highest BCUT2D eigenvalue weighted by atomic mass is 32.1. The Bertz CT molecular complexity index is 940. The van der Waals surface area contributed by atoms with E-state index in [9.17, 15) is 9.59 Å². The third-order valence-electron chi connectivity index (χ3n) is 4.74. The first-order valence-corrected chi connectivity index (χ1v) is 10.2. The van der Waals surface area contributed by atoms with E-state index in [1.807, 2.05) is 54.6 Å². The fraction of sp³-hybridized carbons (Fsp3) is 0.286. The van der Waals surface area contributed by atoms with Crippen molar-refractivity contribution >= 4 is 39.2 Å². The lowest BCUT2D eigenvalue weighted by molar-refractivity contribution is 0.0712. The van der Waals surface area contributed by atoms with E-state index in [2.05, 4.69) is 15.6 Å². The van der Waals surface area contributed by atoms with Gasteiger partial charge in [-0.3, -0.25) is 10.1 Å².